The fourth-order valence-electron chi connectivity index (χ4n) is 3.60. The summed E-state index contributed by atoms with van der Waals surface area (Å²) in [7, 11) is 0. The van der Waals surface area contributed by atoms with E-state index in [1.165, 1.54) is 26.0 Å². The van der Waals surface area contributed by atoms with Crippen molar-refractivity contribution in [3.8, 4) is 10.4 Å². The van der Waals surface area contributed by atoms with Crippen molar-refractivity contribution in [2.75, 3.05) is 0 Å². The summed E-state index contributed by atoms with van der Waals surface area (Å²) in [5.41, 5.74) is -2.50. The van der Waals surface area contributed by atoms with Gasteiger partial charge in [0.2, 0.25) is 0 Å². The standard InChI is InChI=1S/C21H13BrF6S2/c1-10-13(8-15(29-10)12-6-4-3-5-7-12)17-18(14-9-16(22)30-11(14)2)20(25,26)21(27,28)19(17,23)24/h3-9H,1-2H3. The van der Waals surface area contributed by atoms with E-state index in [-0.39, 0.29) is 20.9 Å². The lowest BCUT2D eigenvalue weighted by molar-refractivity contribution is -0.254. The average Bonchev–Trinajstić information content (AvgIpc) is 3.23. The first-order valence-corrected chi connectivity index (χ1v) is 11.1. The minimum atomic E-state index is -5.55. The van der Waals surface area contributed by atoms with Crippen LogP contribution in [0.2, 0.25) is 0 Å². The van der Waals surface area contributed by atoms with E-state index in [0.29, 0.717) is 14.2 Å². The molecule has 0 atom stereocenters. The number of alkyl halides is 6. The topological polar surface area (TPSA) is 0 Å². The monoisotopic (exact) mass is 522 g/mol. The van der Waals surface area contributed by atoms with Crippen LogP contribution in [0, 0.1) is 13.8 Å². The first kappa shape index (κ1) is 21.6. The van der Waals surface area contributed by atoms with Crippen LogP contribution in [0.3, 0.4) is 0 Å². The average molecular weight is 523 g/mol. The van der Waals surface area contributed by atoms with Gasteiger partial charge in [-0.15, -0.1) is 22.7 Å². The molecule has 1 aliphatic carbocycles. The van der Waals surface area contributed by atoms with Crippen molar-refractivity contribution in [3.63, 3.8) is 0 Å². The molecule has 0 aliphatic heterocycles. The number of allylic oxidation sites excluding steroid dienone is 2. The van der Waals surface area contributed by atoms with Gasteiger partial charge in [-0.25, -0.2) is 0 Å². The van der Waals surface area contributed by atoms with E-state index in [4.69, 9.17) is 0 Å². The number of aryl methyl sites for hydroxylation is 2. The molecule has 3 aromatic rings. The summed E-state index contributed by atoms with van der Waals surface area (Å²) in [5, 5.41) is 0. The highest BCUT2D eigenvalue weighted by molar-refractivity contribution is 9.11. The Kier molecular flexibility index (Phi) is 5.03. The fraction of sp³-hybridized carbons (Fsp3) is 0.238. The molecule has 2 heterocycles. The second-order valence-electron chi connectivity index (χ2n) is 6.94. The Hall–Kier alpha value is -1.58. The summed E-state index contributed by atoms with van der Waals surface area (Å²) in [6, 6.07) is 11.2. The minimum absolute atomic E-state index is 0.249. The summed E-state index contributed by atoms with van der Waals surface area (Å²) in [6.07, 6.45) is 0. The van der Waals surface area contributed by atoms with Crippen LogP contribution in [0.1, 0.15) is 20.9 Å². The molecule has 9 heteroatoms. The molecule has 0 saturated heterocycles. The highest BCUT2D eigenvalue weighted by atomic mass is 79.9. The molecule has 0 nitrogen and oxygen atoms in total. The summed E-state index contributed by atoms with van der Waals surface area (Å²) >= 11 is 5.25. The smallest absolute Gasteiger partial charge is 0.194 e. The van der Waals surface area contributed by atoms with Gasteiger partial charge in [-0.05, 0) is 58.6 Å². The molecule has 0 unspecified atom stereocenters. The predicted octanol–water partition coefficient (Wildman–Crippen LogP) is 8.69. The lowest BCUT2D eigenvalue weighted by Gasteiger charge is -2.25. The molecular formula is C21H13BrF6S2. The third-order valence-corrected chi connectivity index (χ3v) is 7.72. The summed E-state index contributed by atoms with van der Waals surface area (Å²) in [6.45, 7) is 2.91. The third-order valence-electron chi connectivity index (χ3n) is 5.07. The lowest BCUT2D eigenvalue weighted by atomic mass is 9.95. The normalized spacial score (nSPS) is 19.5. The molecule has 4 rings (SSSR count). The van der Waals surface area contributed by atoms with Gasteiger partial charge in [-0.2, -0.15) is 26.3 Å². The molecule has 1 aliphatic rings. The Morgan fingerprint density at radius 3 is 1.73 bits per heavy atom. The van der Waals surface area contributed by atoms with Gasteiger partial charge < -0.3 is 0 Å². The van der Waals surface area contributed by atoms with Gasteiger partial charge in [0.1, 0.15) is 0 Å². The number of thiophene rings is 2. The first-order valence-electron chi connectivity index (χ1n) is 8.70. The zero-order chi connectivity index (χ0) is 22.1. The van der Waals surface area contributed by atoms with E-state index in [1.807, 2.05) is 0 Å². The minimum Gasteiger partial charge on any atom is -0.194 e. The molecule has 0 saturated carbocycles. The van der Waals surface area contributed by atoms with Gasteiger partial charge in [-0.3, -0.25) is 0 Å². The molecule has 0 N–H and O–H groups in total. The van der Waals surface area contributed by atoms with Gasteiger partial charge in [0.25, 0.3) is 0 Å². The van der Waals surface area contributed by atoms with Crippen LogP contribution >= 0.6 is 38.6 Å². The summed E-state index contributed by atoms with van der Waals surface area (Å²) in [5.74, 6) is -15.6. The maximum Gasteiger partial charge on any atom is 0.380 e. The molecule has 1 aromatic carbocycles. The second kappa shape index (κ2) is 6.97. The van der Waals surface area contributed by atoms with Crippen LogP contribution in [0.5, 0.6) is 0 Å². The van der Waals surface area contributed by atoms with Crippen LogP contribution in [0.4, 0.5) is 26.3 Å². The number of hydrogen-bond acceptors (Lipinski definition) is 2. The Morgan fingerprint density at radius 1 is 0.733 bits per heavy atom. The molecule has 30 heavy (non-hydrogen) atoms. The van der Waals surface area contributed by atoms with Crippen molar-refractivity contribution in [1.82, 2.24) is 0 Å². The van der Waals surface area contributed by atoms with E-state index in [9.17, 15) is 26.3 Å². The predicted molar refractivity (Wildman–Crippen MR) is 113 cm³/mol. The van der Waals surface area contributed by atoms with Crippen LogP contribution in [0.15, 0.2) is 46.3 Å². The Balaban J connectivity index is 2.05. The molecule has 158 valence electrons. The number of halogens is 7. The zero-order valence-corrected chi connectivity index (χ0v) is 18.7. The molecular weight excluding hydrogens is 510 g/mol. The van der Waals surface area contributed by atoms with Gasteiger partial charge in [0.05, 0.1) is 3.79 Å². The van der Waals surface area contributed by atoms with Gasteiger partial charge >= 0.3 is 17.8 Å². The van der Waals surface area contributed by atoms with E-state index < -0.39 is 28.9 Å². The maximum absolute atomic E-state index is 14.9. The van der Waals surface area contributed by atoms with Crippen LogP contribution in [0.25, 0.3) is 21.6 Å². The van der Waals surface area contributed by atoms with Crippen molar-refractivity contribution in [1.29, 1.82) is 0 Å². The van der Waals surface area contributed by atoms with Gasteiger partial charge in [0.15, 0.2) is 0 Å². The lowest BCUT2D eigenvalue weighted by Crippen LogP contribution is -2.48. The van der Waals surface area contributed by atoms with Crippen LogP contribution in [-0.4, -0.2) is 17.8 Å². The van der Waals surface area contributed by atoms with Crippen LogP contribution in [-0.2, 0) is 0 Å². The molecule has 0 spiro atoms. The van der Waals surface area contributed by atoms with Crippen molar-refractivity contribution in [3.05, 3.63) is 67.1 Å². The first-order chi connectivity index (χ1) is 13.9. The number of hydrogen-bond donors (Lipinski definition) is 0. The largest absolute Gasteiger partial charge is 0.380 e. The maximum atomic E-state index is 14.9. The highest BCUT2D eigenvalue weighted by Gasteiger charge is 2.80. The molecule has 0 fully saturated rings. The Bertz CT molecular complexity index is 1160. The van der Waals surface area contributed by atoms with Crippen LogP contribution < -0.4 is 0 Å². The summed E-state index contributed by atoms with van der Waals surface area (Å²) < 4.78 is 88.8. The van der Waals surface area contributed by atoms with E-state index in [1.54, 1.807) is 30.3 Å². The van der Waals surface area contributed by atoms with Gasteiger partial charge in [-0.1, -0.05) is 30.3 Å². The SMILES string of the molecule is Cc1sc(Br)cc1C1=C(c2cc(-c3ccccc3)sc2C)C(F)(F)C(F)(F)C1(F)F. The highest BCUT2D eigenvalue weighted by Crippen LogP contribution is 2.66. The van der Waals surface area contributed by atoms with Gasteiger partial charge in [0, 0.05) is 25.8 Å². The van der Waals surface area contributed by atoms with Crippen molar-refractivity contribution < 1.29 is 26.3 Å². The van der Waals surface area contributed by atoms with Crippen molar-refractivity contribution in [2.24, 2.45) is 0 Å². The van der Waals surface area contributed by atoms with E-state index in [0.717, 1.165) is 22.7 Å². The molecule has 0 amide bonds. The number of benzene rings is 1. The Morgan fingerprint density at radius 2 is 1.23 bits per heavy atom. The molecule has 2 aromatic heterocycles. The van der Waals surface area contributed by atoms with E-state index >= 15 is 0 Å². The Labute approximate surface area is 185 Å². The zero-order valence-electron chi connectivity index (χ0n) is 15.5. The fourth-order valence-corrected chi connectivity index (χ4v) is 6.33. The third kappa shape index (κ3) is 2.92. The molecule has 0 bridgehead atoms. The number of rotatable bonds is 3. The second-order valence-corrected chi connectivity index (χ2v) is 10.8. The van der Waals surface area contributed by atoms with Crippen molar-refractivity contribution >= 4 is 49.7 Å². The summed E-state index contributed by atoms with van der Waals surface area (Å²) in [4.78, 5) is 1.05. The van der Waals surface area contributed by atoms with E-state index in [2.05, 4.69) is 15.9 Å². The van der Waals surface area contributed by atoms with Crippen molar-refractivity contribution in [2.45, 2.75) is 31.6 Å². The quantitative estimate of drug-likeness (QED) is 0.302. The molecule has 0 radical (unpaired) electrons.